The minimum atomic E-state index is -4.51. The predicted molar refractivity (Wildman–Crippen MR) is 108 cm³/mol. The lowest BCUT2D eigenvalue weighted by Crippen LogP contribution is -2.53. The van der Waals surface area contributed by atoms with Crippen molar-refractivity contribution >= 4 is 23.7 Å². The maximum Gasteiger partial charge on any atom is 0.416 e. The summed E-state index contributed by atoms with van der Waals surface area (Å²) in [6, 6.07) is 2.59. The molecule has 2 N–H and O–H groups in total. The minimum absolute atomic E-state index is 0.0557. The Kier molecular flexibility index (Phi) is 8.48. The smallest absolute Gasteiger partial charge is 0.416 e. The van der Waals surface area contributed by atoms with Gasteiger partial charge in [-0.2, -0.15) is 13.2 Å². The van der Waals surface area contributed by atoms with Gasteiger partial charge in [-0.3, -0.25) is 10.1 Å². The first-order valence-electron chi connectivity index (χ1n) is 9.68. The molecule has 0 saturated heterocycles. The Hall–Kier alpha value is -2.78. The molecule has 0 aliphatic carbocycles. The summed E-state index contributed by atoms with van der Waals surface area (Å²) in [4.78, 5) is 38.0. The van der Waals surface area contributed by atoms with Gasteiger partial charge < -0.3 is 14.7 Å². The highest BCUT2D eigenvalue weighted by Crippen LogP contribution is 2.30. The first-order chi connectivity index (χ1) is 14.0. The van der Waals surface area contributed by atoms with Gasteiger partial charge in [-0.05, 0) is 42.0 Å². The summed E-state index contributed by atoms with van der Waals surface area (Å²) in [6.45, 7) is 8.62. The molecule has 0 heterocycles. The number of amides is 2. The molecular formula is C21H29F3N2O5. The van der Waals surface area contributed by atoms with E-state index in [1.165, 1.54) is 7.05 Å². The van der Waals surface area contributed by atoms with Gasteiger partial charge in [0.25, 0.3) is 5.91 Å². The molecule has 0 aliphatic heterocycles. The average molecular weight is 446 g/mol. The van der Waals surface area contributed by atoms with E-state index in [1.807, 2.05) is 0 Å². The topological polar surface area (TPSA) is 95.9 Å². The van der Waals surface area contributed by atoms with Gasteiger partial charge in [0.1, 0.15) is 6.04 Å². The summed E-state index contributed by atoms with van der Waals surface area (Å²) in [7, 11) is 1.33. The van der Waals surface area contributed by atoms with Crippen LogP contribution in [0.15, 0.2) is 24.3 Å². The minimum Gasteiger partial charge on any atom is -0.480 e. The van der Waals surface area contributed by atoms with Gasteiger partial charge in [-0.25, -0.2) is 9.59 Å². The summed E-state index contributed by atoms with van der Waals surface area (Å²) in [5, 5.41) is 11.8. The number of benzene rings is 1. The van der Waals surface area contributed by atoms with E-state index in [0.29, 0.717) is 0 Å². The SMILES string of the molecule is CC(C)C[C@H](OC(=O)Nc1ccc(C(F)(F)F)cc1)C(=O)N(C)C(C(=O)O)C(C)(C)C. The van der Waals surface area contributed by atoms with Crippen molar-refractivity contribution < 1.29 is 37.4 Å². The van der Waals surface area contributed by atoms with Crippen LogP contribution in [-0.2, 0) is 20.5 Å². The number of anilines is 1. The number of ether oxygens (including phenoxy) is 1. The van der Waals surface area contributed by atoms with E-state index in [1.54, 1.807) is 34.6 Å². The molecule has 7 nitrogen and oxygen atoms in total. The summed E-state index contributed by atoms with van der Waals surface area (Å²) in [5.41, 5.74) is -1.59. The first-order valence-corrected chi connectivity index (χ1v) is 9.68. The largest absolute Gasteiger partial charge is 0.480 e. The first kappa shape index (κ1) is 26.3. The molecule has 1 aromatic rings. The zero-order chi connectivity index (χ0) is 24.1. The number of nitrogens with one attached hydrogen (secondary N) is 1. The highest BCUT2D eigenvalue weighted by molar-refractivity contribution is 5.90. The van der Waals surface area contributed by atoms with Crippen LogP contribution in [0.5, 0.6) is 0 Å². The fourth-order valence-corrected chi connectivity index (χ4v) is 3.12. The highest BCUT2D eigenvalue weighted by atomic mass is 19.4. The van der Waals surface area contributed by atoms with E-state index in [2.05, 4.69) is 5.32 Å². The van der Waals surface area contributed by atoms with Gasteiger partial charge in [0.2, 0.25) is 0 Å². The van der Waals surface area contributed by atoms with Crippen molar-refractivity contribution in [3.63, 3.8) is 0 Å². The molecule has 1 rings (SSSR count). The second-order valence-corrected chi connectivity index (χ2v) is 8.78. The van der Waals surface area contributed by atoms with E-state index in [4.69, 9.17) is 4.74 Å². The maximum atomic E-state index is 12.9. The number of hydrogen-bond donors (Lipinski definition) is 2. The van der Waals surface area contributed by atoms with E-state index in [9.17, 15) is 32.7 Å². The molecule has 1 aromatic carbocycles. The summed E-state index contributed by atoms with van der Waals surface area (Å²) >= 11 is 0. The van der Waals surface area contributed by atoms with Crippen LogP contribution in [0.3, 0.4) is 0 Å². The lowest BCUT2D eigenvalue weighted by Gasteiger charge is -2.36. The van der Waals surface area contributed by atoms with Crippen molar-refractivity contribution in [2.75, 3.05) is 12.4 Å². The molecule has 0 spiro atoms. The van der Waals surface area contributed by atoms with Crippen molar-refractivity contribution in [2.24, 2.45) is 11.3 Å². The van der Waals surface area contributed by atoms with Crippen LogP contribution < -0.4 is 5.32 Å². The second kappa shape index (κ2) is 10.0. The number of hydrogen-bond acceptors (Lipinski definition) is 4. The number of halogens is 3. The van der Waals surface area contributed by atoms with Gasteiger partial charge in [0.05, 0.1) is 5.56 Å². The Morgan fingerprint density at radius 2 is 1.61 bits per heavy atom. The van der Waals surface area contributed by atoms with Crippen molar-refractivity contribution in [3.05, 3.63) is 29.8 Å². The third-order valence-corrected chi connectivity index (χ3v) is 4.46. The van der Waals surface area contributed by atoms with Crippen molar-refractivity contribution in [1.82, 2.24) is 4.90 Å². The Morgan fingerprint density at radius 1 is 1.10 bits per heavy atom. The number of carbonyl (C=O) groups is 3. The number of carbonyl (C=O) groups excluding carboxylic acids is 2. The van der Waals surface area contributed by atoms with E-state index >= 15 is 0 Å². The summed E-state index contributed by atoms with van der Waals surface area (Å²) in [6.07, 6.45) is -6.66. The lowest BCUT2D eigenvalue weighted by atomic mass is 9.85. The fraction of sp³-hybridized carbons (Fsp3) is 0.571. The van der Waals surface area contributed by atoms with E-state index in [-0.39, 0.29) is 18.0 Å². The van der Waals surface area contributed by atoms with Crippen molar-refractivity contribution in [3.8, 4) is 0 Å². The van der Waals surface area contributed by atoms with E-state index in [0.717, 1.165) is 29.2 Å². The third-order valence-electron chi connectivity index (χ3n) is 4.46. The monoisotopic (exact) mass is 446 g/mol. The number of carboxylic acids is 1. The standard InChI is InChI=1S/C21H29F3N2O5/c1-12(2)11-15(17(27)26(6)16(18(28)29)20(3,4)5)31-19(30)25-14-9-7-13(8-10-14)21(22,23)24/h7-10,12,15-16H,11H2,1-6H3,(H,25,30)(H,28,29)/t15-,16?/m0/s1. The van der Waals surface area contributed by atoms with Gasteiger partial charge in [0.15, 0.2) is 6.10 Å². The Balaban J connectivity index is 2.97. The second-order valence-electron chi connectivity index (χ2n) is 8.78. The number of nitrogens with zero attached hydrogens (tertiary/aromatic N) is 1. The van der Waals surface area contributed by atoms with Crippen LogP contribution >= 0.6 is 0 Å². The van der Waals surface area contributed by atoms with Crippen LogP contribution in [0, 0.1) is 11.3 Å². The van der Waals surface area contributed by atoms with Crippen molar-refractivity contribution in [2.45, 2.75) is 59.4 Å². The molecule has 0 bridgehead atoms. The molecule has 31 heavy (non-hydrogen) atoms. The molecule has 174 valence electrons. The number of alkyl halides is 3. The molecule has 0 radical (unpaired) electrons. The molecular weight excluding hydrogens is 417 g/mol. The maximum absolute atomic E-state index is 12.9. The van der Waals surface area contributed by atoms with Gasteiger partial charge in [0, 0.05) is 12.7 Å². The molecule has 0 aromatic heterocycles. The van der Waals surface area contributed by atoms with Crippen LogP contribution in [0.25, 0.3) is 0 Å². The summed E-state index contributed by atoms with van der Waals surface area (Å²) < 4.78 is 43.2. The Bertz CT molecular complexity index is 786. The van der Waals surface area contributed by atoms with Gasteiger partial charge in [-0.15, -0.1) is 0 Å². The molecule has 0 saturated carbocycles. The normalized spacial score (nSPS) is 14.0. The van der Waals surface area contributed by atoms with Crippen LogP contribution in [-0.4, -0.2) is 47.2 Å². The van der Waals surface area contributed by atoms with Crippen LogP contribution in [0.2, 0.25) is 0 Å². The summed E-state index contributed by atoms with van der Waals surface area (Å²) in [5.74, 6) is -1.93. The zero-order valence-corrected chi connectivity index (χ0v) is 18.4. The predicted octanol–water partition coefficient (Wildman–Crippen LogP) is 4.63. The Labute approximate surface area is 179 Å². The molecule has 0 aliphatic rings. The number of aliphatic carboxylic acids is 1. The van der Waals surface area contributed by atoms with Crippen LogP contribution in [0.4, 0.5) is 23.7 Å². The average Bonchev–Trinajstić information content (AvgIpc) is 2.58. The van der Waals surface area contributed by atoms with Gasteiger partial charge >= 0.3 is 18.2 Å². The molecule has 2 amide bonds. The lowest BCUT2D eigenvalue weighted by molar-refractivity contribution is -0.157. The number of likely N-dealkylation sites (N-methyl/N-ethyl adjacent to an activating group) is 1. The van der Waals surface area contributed by atoms with Gasteiger partial charge in [-0.1, -0.05) is 34.6 Å². The zero-order valence-electron chi connectivity index (χ0n) is 18.4. The molecule has 2 atom stereocenters. The number of carboxylic acid groups (broad SMARTS) is 1. The van der Waals surface area contributed by atoms with E-state index < -0.39 is 47.3 Å². The number of rotatable bonds is 7. The Morgan fingerprint density at radius 3 is 2.00 bits per heavy atom. The molecule has 0 fully saturated rings. The highest BCUT2D eigenvalue weighted by Gasteiger charge is 2.40. The quantitative estimate of drug-likeness (QED) is 0.637. The third kappa shape index (κ3) is 7.76. The molecule has 10 heteroatoms. The van der Waals surface area contributed by atoms with Crippen LogP contribution in [0.1, 0.15) is 46.6 Å². The van der Waals surface area contributed by atoms with Crippen molar-refractivity contribution in [1.29, 1.82) is 0 Å². The molecule has 1 unspecified atom stereocenters. The fourth-order valence-electron chi connectivity index (χ4n) is 3.12.